The summed E-state index contributed by atoms with van der Waals surface area (Å²) < 4.78 is 0. The minimum Gasteiger partial charge on any atom is -0.317 e. The molecule has 1 aliphatic heterocycles. The summed E-state index contributed by atoms with van der Waals surface area (Å²) >= 11 is 0. The molecule has 17 heavy (non-hydrogen) atoms. The van der Waals surface area contributed by atoms with Crippen LogP contribution in [0.1, 0.15) is 30.7 Å². The first kappa shape index (κ1) is 11.2. The molecule has 0 radical (unpaired) electrons. The van der Waals surface area contributed by atoms with Gasteiger partial charge >= 0.3 is 0 Å². The lowest BCUT2D eigenvalue weighted by molar-refractivity contribution is 0.355. The van der Waals surface area contributed by atoms with E-state index in [9.17, 15) is 0 Å². The lowest BCUT2D eigenvalue weighted by Crippen LogP contribution is -2.34. The number of hydrogen-bond donors (Lipinski definition) is 2. The van der Waals surface area contributed by atoms with Gasteiger partial charge in [-0.05, 0) is 50.4 Å². The standard InChI is InChI=1S/C15H22N2/c1-2-4-13(5-3-1)14-10-15(14)17-11-12-6-8-16-9-7-12/h1-5,12,14-17H,6-11H2/t14?,15-/m0/s1. The van der Waals surface area contributed by atoms with Crippen molar-refractivity contribution in [1.82, 2.24) is 10.6 Å². The molecule has 2 aliphatic rings. The van der Waals surface area contributed by atoms with Gasteiger partial charge in [0, 0.05) is 12.0 Å². The molecule has 2 N–H and O–H groups in total. The van der Waals surface area contributed by atoms with Crippen LogP contribution in [0.3, 0.4) is 0 Å². The quantitative estimate of drug-likeness (QED) is 0.828. The number of hydrogen-bond acceptors (Lipinski definition) is 2. The molecule has 1 saturated carbocycles. The summed E-state index contributed by atoms with van der Waals surface area (Å²) in [6, 6.07) is 11.7. The van der Waals surface area contributed by atoms with Crippen molar-refractivity contribution in [2.75, 3.05) is 19.6 Å². The van der Waals surface area contributed by atoms with Crippen LogP contribution in [0.5, 0.6) is 0 Å². The van der Waals surface area contributed by atoms with Gasteiger partial charge < -0.3 is 10.6 Å². The van der Waals surface area contributed by atoms with Gasteiger partial charge in [0.1, 0.15) is 0 Å². The topological polar surface area (TPSA) is 24.1 Å². The molecule has 1 saturated heterocycles. The maximum Gasteiger partial charge on any atom is 0.0143 e. The van der Waals surface area contributed by atoms with Gasteiger partial charge in [0.15, 0.2) is 0 Å². The zero-order valence-electron chi connectivity index (χ0n) is 10.4. The highest BCUT2D eigenvalue weighted by Crippen LogP contribution is 2.40. The van der Waals surface area contributed by atoms with Crippen molar-refractivity contribution in [3.8, 4) is 0 Å². The Kier molecular flexibility index (Phi) is 3.44. The number of nitrogens with one attached hydrogen (secondary N) is 2. The second-order valence-electron chi connectivity index (χ2n) is 5.46. The highest BCUT2D eigenvalue weighted by Gasteiger charge is 2.37. The largest absolute Gasteiger partial charge is 0.317 e. The first-order valence-electron chi connectivity index (χ1n) is 6.92. The zero-order valence-corrected chi connectivity index (χ0v) is 10.4. The maximum atomic E-state index is 3.75. The van der Waals surface area contributed by atoms with Crippen LogP contribution >= 0.6 is 0 Å². The molecule has 1 aromatic rings. The monoisotopic (exact) mass is 230 g/mol. The Morgan fingerprint density at radius 2 is 1.88 bits per heavy atom. The van der Waals surface area contributed by atoms with Crippen molar-refractivity contribution in [3.05, 3.63) is 35.9 Å². The van der Waals surface area contributed by atoms with Gasteiger partial charge in [-0.15, -0.1) is 0 Å². The molecule has 1 aliphatic carbocycles. The van der Waals surface area contributed by atoms with Gasteiger partial charge in [0.2, 0.25) is 0 Å². The summed E-state index contributed by atoms with van der Waals surface area (Å²) in [5, 5.41) is 7.17. The second kappa shape index (κ2) is 5.19. The summed E-state index contributed by atoms with van der Waals surface area (Å²) in [5.41, 5.74) is 1.51. The van der Waals surface area contributed by atoms with Crippen LogP contribution in [-0.2, 0) is 0 Å². The summed E-state index contributed by atoms with van der Waals surface area (Å²) in [5.74, 6) is 1.67. The van der Waals surface area contributed by atoms with Gasteiger partial charge in [-0.1, -0.05) is 30.3 Å². The molecule has 3 rings (SSSR count). The van der Waals surface area contributed by atoms with Crippen LogP contribution in [0.15, 0.2) is 30.3 Å². The van der Waals surface area contributed by atoms with E-state index in [4.69, 9.17) is 0 Å². The summed E-state index contributed by atoms with van der Waals surface area (Å²) in [6.07, 6.45) is 4.01. The minimum absolute atomic E-state index is 0.743. The molecular formula is C15H22N2. The molecule has 1 aromatic carbocycles. The third-order valence-corrected chi connectivity index (χ3v) is 4.15. The van der Waals surface area contributed by atoms with Crippen molar-refractivity contribution in [1.29, 1.82) is 0 Å². The summed E-state index contributed by atoms with van der Waals surface area (Å²) in [7, 11) is 0. The Labute approximate surface area is 104 Å². The Morgan fingerprint density at radius 1 is 1.12 bits per heavy atom. The Balaban J connectivity index is 1.43. The van der Waals surface area contributed by atoms with E-state index in [1.54, 1.807) is 0 Å². The number of benzene rings is 1. The molecule has 2 nitrogen and oxygen atoms in total. The van der Waals surface area contributed by atoms with Crippen LogP contribution in [0.25, 0.3) is 0 Å². The second-order valence-corrected chi connectivity index (χ2v) is 5.46. The van der Waals surface area contributed by atoms with Gasteiger partial charge in [-0.25, -0.2) is 0 Å². The maximum absolute atomic E-state index is 3.75. The van der Waals surface area contributed by atoms with Crippen molar-refractivity contribution in [3.63, 3.8) is 0 Å². The average Bonchev–Trinajstić information content (AvgIpc) is 3.18. The normalized spacial score (nSPS) is 29.2. The Bertz CT molecular complexity index is 343. The molecule has 1 unspecified atom stereocenters. The van der Waals surface area contributed by atoms with Crippen LogP contribution in [0.2, 0.25) is 0 Å². The highest BCUT2D eigenvalue weighted by atomic mass is 15.0. The Morgan fingerprint density at radius 3 is 2.65 bits per heavy atom. The number of piperidine rings is 1. The molecule has 0 amide bonds. The van der Waals surface area contributed by atoms with E-state index in [0.29, 0.717) is 0 Å². The molecule has 1 heterocycles. The molecule has 2 fully saturated rings. The van der Waals surface area contributed by atoms with E-state index in [1.807, 2.05) is 0 Å². The molecule has 0 aromatic heterocycles. The molecule has 92 valence electrons. The fourth-order valence-electron chi connectivity index (χ4n) is 2.89. The van der Waals surface area contributed by atoms with E-state index < -0.39 is 0 Å². The van der Waals surface area contributed by atoms with Crippen molar-refractivity contribution >= 4 is 0 Å². The molecular weight excluding hydrogens is 208 g/mol. The van der Waals surface area contributed by atoms with Crippen LogP contribution in [0, 0.1) is 5.92 Å². The zero-order chi connectivity index (χ0) is 11.5. The SMILES string of the molecule is c1ccc(C2C[C@@H]2NCC2CCNCC2)cc1. The smallest absolute Gasteiger partial charge is 0.0143 e. The Hall–Kier alpha value is -0.860. The van der Waals surface area contributed by atoms with Crippen LogP contribution in [0.4, 0.5) is 0 Å². The average molecular weight is 230 g/mol. The van der Waals surface area contributed by atoms with E-state index in [0.717, 1.165) is 17.9 Å². The van der Waals surface area contributed by atoms with E-state index in [1.165, 1.54) is 44.5 Å². The minimum atomic E-state index is 0.743. The van der Waals surface area contributed by atoms with E-state index in [-0.39, 0.29) is 0 Å². The van der Waals surface area contributed by atoms with Crippen LogP contribution < -0.4 is 10.6 Å². The van der Waals surface area contributed by atoms with Gasteiger partial charge in [0.25, 0.3) is 0 Å². The number of rotatable bonds is 4. The molecule has 0 bridgehead atoms. The molecule has 0 spiro atoms. The summed E-state index contributed by atoms with van der Waals surface area (Å²) in [6.45, 7) is 3.63. The van der Waals surface area contributed by atoms with Crippen molar-refractivity contribution in [2.45, 2.75) is 31.2 Å². The van der Waals surface area contributed by atoms with E-state index in [2.05, 4.69) is 41.0 Å². The predicted octanol–water partition coefficient (Wildman–Crippen LogP) is 2.13. The first-order valence-corrected chi connectivity index (χ1v) is 6.92. The van der Waals surface area contributed by atoms with Crippen LogP contribution in [-0.4, -0.2) is 25.7 Å². The molecule has 2 atom stereocenters. The summed E-state index contributed by atoms with van der Waals surface area (Å²) in [4.78, 5) is 0. The van der Waals surface area contributed by atoms with Crippen molar-refractivity contribution in [2.24, 2.45) is 5.92 Å². The first-order chi connectivity index (χ1) is 8.43. The lowest BCUT2D eigenvalue weighted by Gasteiger charge is -2.22. The predicted molar refractivity (Wildman–Crippen MR) is 71.2 cm³/mol. The van der Waals surface area contributed by atoms with E-state index >= 15 is 0 Å². The van der Waals surface area contributed by atoms with Gasteiger partial charge in [-0.3, -0.25) is 0 Å². The fourth-order valence-corrected chi connectivity index (χ4v) is 2.89. The molecule has 2 heteroatoms. The fraction of sp³-hybridized carbons (Fsp3) is 0.600. The third-order valence-electron chi connectivity index (χ3n) is 4.15. The van der Waals surface area contributed by atoms with Gasteiger partial charge in [-0.2, -0.15) is 0 Å². The third kappa shape index (κ3) is 2.88. The van der Waals surface area contributed by atoms with Gasteiger partial charge in [0.05, 0.1) is 0 Å². The lowest BCUT2D eigenvalue weighted by atomic mass is 9.98. The van der Waals surface area contributed by atoms with Crippen molar-refractivity contribution < 1.29 is 0 Å². The highest BCUT2D eigenvalue weighted by molar-refractivity contribution is 5.27.